The fourth-order valence-electron chi connectivity index (χ4n) is 2.74. The number of anilines is 1. The van der Waals surface area contributed by atoms with Crippen LogP contribution < -0.4 is 4.90 Å². The number of halogens is 2. The summed E-state index contributed by atoms with van der Waals surface area (Å²) in [4.78, 5) is 26.5. The Morgan fingerprint density at radius 3 is 2.50 bits per heavy atom. The van der Waals surface area contributed by atoms with E-state index in [9.17, 15) is 9.59 Å². The summed E-state index contributed by atoms with van der Waals surface area (Å²) in [7, 11) is 0. The van der Waals surface area contributed by atoms with Crippen molar-refractivity contribution in [3.8, 4) is 0 Å². The van der Waals surface area contributed by atoms with E-state index in [4.69, 9.17) is 27.9 Å². The van der Waals surface area contributed by atoms with Crippen molar-refractivity contribution < 1.29 is 14.3 Å². The van der Waals surface area contributed by atoms with Gasteiger partial charge in [0.05, 0.1) is 5.56 Å². The second kappa shape index (κ2) is 6.83. The predicted octanol–water partition coefficient (Wildman–Crippen LogP) is 4.13. The van der Waals surface area contributed by atoms with Crippen LogP contribution in [0.5, 0.6) is 0 Å². The van der Waals surface area contributed by atoms with Gasteiger partial charge in [-0.25, -0.2) is 4.79 Å². The van der Waals surface area contributed by atoms with E-state index in [1.54, 1.807) is 11.8 Å². The molecule has 0 N–H and O–H groups in total. The highest BCUT2D eigenvalue weighted by atomic mass is 35.5. The second-order valence-corrected chi connectivity index (χ2v) is 6.45. The minimum atomic E-state index is -0.901. The summed E-state index contributed by atoms with van der Waals surface area (Å²) in [5.74, 6) is -0.880. The van der Waals surface area contributed by atoms with Crippen molar-refractivity contribution in [2.75, 3.05) is 11.4 Å². The van der Waals surface area contributed by atoms with E-state index in [1.807, 2.05) is 24.3 Å². The molecule has 3 rings (SSSR count). The van der Waals surface area contributed by atoms with Gasteiger partial charge in [-0.05, 0) is 43.2 Å². The number of benzene rings is 2. The zero-order valence-electron chi connectivity index (χ0n) is 13.0. The molecule has 0 saturated heterocycles. The Morgan fingerprint density at radius 2 is 1.79 bits per heavy atom. The van der Waals surface area contributed by atoms with Crippen LogP contribution in [0, 0.1) is 0 Å². The number of carbonyl (C=O) groups is 2. The van der Waals surface area contributed by atoms with Crippen molar-refractivity contribution in [2.24, 2.45) is 0 Å². The zero-order valence-corrected chi connectivity index (χ0v) is 14.5. The highest BCUT2D eigenvalue weighted by molar-refractivity contribution is 6.35. The van der Waals surface area contributed by atoms with E-state index in [-0.39, 0.29) is 11.5 Å². The Bertz CT molecular complexity index is 786. The lowest BCUT2D eigenvalue weighted by molar-refractivity contribution is -0.126. The third-order valence-corrected chi connectivity index (χ3v) is 4.32. The molecule has 1 aliphatic rings. The number of hydrogen-bond donors (Lipinski definition) is 0. The maximum atomic E-state index is 12.6. The third kappa shape index (κ3) is 3.40. The first kappa shape index (κ1) is 16.8. The number of ether oxygens (including phenoxy) is 1. The summed E-state index contributed by atoms with van der Waals surface area (Å²) in [5, 5.41) is 0.670. The minimum absolute atomic E-state index is 0.217. The Morgan fingerprint density at radius 1 is 1.12 bits per heavy atom. The quantitative estimate of drug-likeness (QED) is 0.770. The first-order valence-electron chi connectivity index (χ1n) is 7.52. The van der Waals surface area contributed by atoms with Crippen LogP contribution in [0.4, 0.5) is 5.69 Å². The van der Waals surface area contributed by atoms with E-state index in [2.05, 4.69) is 0 Å². The van der Waals surface area contributed by atoms with Gasteiger partial charge in [-0.1, -0.05) is 41.4 Å². The number of carbonyl (C=O) groups excluding carboxylic acids is 2. The predicted molar refractivity (Wildman–Crippen MR) is 93.8 cm³/mol. The minimum Gasteiger partial charge on any atom is -0.449 e. The lowest BCUT2D eigenvalue weighted by Crippen LogP contribution is -2.39. The Kier molecular flexibility index (Phi) is 4.78. The Hall–Kier alpha value is -2.04. The first-order valence-corrected chi connectivity index (χ1v) is 8.27. The van der Waals surface area contributed by atoms with Crippen molar-refractivity contribution >= 4 is 40.8 Å². The van der Waals surface area contributed by atoms with Gasteiger partial charge in [-0.15, -0.1) is 0 Å². The Labute approximate surface area is 149 Å². The van der Waals surface area contributed by atoms with Crippen molar-refractivity contribution in [3.63, 3.8) is 0 Å². The summed E-state index contributed by atoms with van der Waals surface area (Å²) < 4.78 is 5.29. The largest absolute Gasteiger partial charge is 0.449 e. The molecule has 0 bridgehead atoms. The normalized spacial score (nSPS) is 14.2. The molecule has 0 saturated carbocycles. The fraction of sp³-hybridized carbons (Fsp3) is 0.222. The molecule has 0 unspecified atom stereocenters. The van der Waals surface area contributed by atoms with Gasteiger partial charge in [0.25, 0.3) is 5.91 Å². The molecule has 1 heterocycles. The molecule has 4 nitrogen and oxygen atoms in total. The van der Waals surface area contributed by atoms with E-state index >= 15 is 0 Å². The smallest absolute Gasteiger partial charge is 0.339 e. The van der Waals surface area contributed by atoms with Crippen molar-refractivity contribution in [1.82, 2.24) is 0 Å². The molecule has 2 aromatic rings. The van der Waals surface area contributed by atoms with Gasteiger partial charge in [0.15, 0.2) is 6.10 Å². The fourth-order valence-corrected chi connectivity index (χ4v) is 3.26. The van der Waals surface area contributed by atoms with Crippen LogP contribution in [0.3, 0.4) is 0 Å². The van der Waals surface area contributed by atoms with Gasteiger partial charge < -0.3 is 9.64 Å². The average Bonchev–Trinajstić information content (AvgIpc) is 2.97. The molecule has 2 aromatic carbocycles. The van der Waals surface area contributed by atoms with Gasteiger partial charge in [0, 0.05) is 22.3 Å². The molecule has 1 atom stereocenters. The van der Waals surface area contributed by atoms with E-state index in [0.29, 0.717) is 16.6 Å². The second-order valence-electron chi connectivity index (χ2n) is 5.57. The molecular formula is C18H15Cl2NO3. The van der Waals surface area contributed by atoms with Gasteiger partial charge in [0.2, 0.25) is 0 Å². The molecule has 0 radical (unpaired) electrons. The molecule has 0 spiro atoms. The highest BCUT2D eigenvalue weighted by Gasteiger charge is 2.30. The van der Waals surface area contributed by atoms with E-state index < -0.39 is 12.1 Å². The molecule has 0 aliphatic carbocycles. The van der Waals surface area contributed by atoms with Gasteiger partial charge in [0.1, 0.15) is 0 Å². The zero-order chi connectivity index (χ0) is 17.3. The van der Waals surface area contributed by atoms with E-state index in [1.165, 1.54) is 18.2 Å². The van der Waals surface area contributed by atoms with Crippen LogP contribution in [-0.4, -0.2) is 24.5 Å². The molecule has 0 aromatic heterocycles. The topological polar surface area (TPSA) is 46.6 Å². The average molecular weight is 364 g/mol. The van der Waals surface area contributed by atoms with Gasteiger partial charge in [-0.3, -0.25) is 4.79 Å². The summed E-state index contributed by atoms with van der Waals surface area (Å²) >= 11 is 11.8. The van der Waals surface area contributed by atoms with Crippen molar-refractivity contribution in [2.45, 2.75) is 19.4 Å². The SMILES string of the molecule is C[C@H](OC(=O)c1cc(Cl)cc(Cl)c1)C(=O)N1CCc2ccccc21. The number of fused-ring (bicyclic) bond motifs is 1. The number of rotatable bonds is 3. The number of hydrogen-bond acceptors (Lipinski definition) is 3. The highest BCUT2D eigenvalue weighted by Crippen LogP contribution is 2.28. The van der Waals surface area contributed by atoms with Crippen LogP contribution in [0.2, 0.25) is 10.0 Å². The third-order valence-electron chi connectivity index (χ3n) is 3.88. The number of para-hydroxylation sites is 1. The lowest BCUT2D eigenvalue weighted by Gasteiger charge is -2.21. The first-order chi connectivity index (χ1) is 11.5. The maximum absolute atomic E-state index is 12.6. The number of amides is 1. The molecule has 124 valence electrons. The standard InChI is InChI=1S/C18H15Cl2NO3/c1-11(24-18(23)13-8-14(19)10-15(20)9-13)17(22)21-7-6-12-4-2-3-5-16(12)21/h2-5,8-11H,6-7H2,1H3/t11-/m0/s1. The summed E-state index contributed by atoms with van der Waals surface area (Å²) in [6, 6.07) is 12.2. The van der Waals surface area contributed by atoms with Gasteiger partial charge in [-0.2, -0.15) is 0 Å². The van der Waals surface area contributed by atoms with Crippen LogP contribution in [0.15, 0.2) is 42.5 Å². The lowest BCUT2D eigenvalue weighted by atomic mass is 10.2. The van der Waals surface area contributed by atoms with Crippen LogP contribution in [0.1, 0.15) is 22.8 Å². The van der Waals surface area contributed by atoms with E-state index in [0.717, 1.165) is 17.7 Å². The Balaban J connectivity index is 1.72. The van der Waals surface area contributed by atoms with Crippen LogP contribution >= 0.6 is 23.2 Å². The molecule has 0 fully saturated rings. The molecular weight excluding hydrogens is 349 g/mol. The molecule has 6 heteroatoms. The van der Waals surface area contributed by atoms with Crippen LogP contribution in [-0.2, 0) is 16.0 Å². The molecule has 1 aliphatic heterocycles. The number of esters is 1. The summed E-state index contributed by atoms with van der Waals surface area (Å²) in [5.41, 5.74) is 2.20. The van der Waals surface area contributed by atoms with Crippen molar-refractivity contribution in [1.29, 1.82) is 0 Å². The van der Waals surface area contributed by atoms with Crippen LogP contribution in [0.25, 0.3) is 0 Å². The number of nitrogens with zero attached hydrogens (tertiary/aromatic N) is 1. The summed E-state index contributed by atoms with van der Waals surface area (Å²) in [6.45, 7) is 2.15. The van der Waals surface area contributed by atoms with Crippen molar-refractivity contribution in [3.05, 3.63) is 63.6 Å². The maximum Gasteiger partial charge on any atom is 0.339 e. The summed E-state index contributed by atoms with van der Waals surface area (Å²) in [6.07, 6.45) is -0.103. The van der Waals surface area contributed by atoms with Gasteiger partial charge >= 0.3 is 5.97 Å². The molecule has 24 heavy (non-hydrogen) atoms. The monoisotopic (exact) mass is 363 g/mol. The molecule has 1 amide bonds.